The summed E-state index contributed by atoms with van der Waals surface area (Å²) in [5.41, 5.74) is 0. The van der Waals surface area contributed by atoms with Crippen molar-refractivity contribution in [1.82, 2.24) is 15.0 Å². The van der Waals surface area contributed by atoms with Crippen LogP contribution in [-0.2, 0) is 6.42 Å². The zero-order valence-corrected chi connectivity index (χ0v) is 12.4. The number of carbonyl (C=O) groups is 1. The molecule has 0 bridgehead atoms. The molecule has 0 unspecified atom stereocenters. The van der Waals surface area contributed by atoms with Crippen LogP contribution in [0.15, 0.2) is 18.5 Å². The minimum absolute atomic E-state index is 0.0240. The number of Topliss-reactive ketones (excluding diaryl/α,β-unsaturated/α-hetero) is 1. The lowest BCUT2D eigenvalue weighted by molar-refractivity contribution is 0.0939. The van der Waals surface area contributed by atoms with Gasteiger partial charge in [0.2, 0.25) is 5.95 Å². The molecule has 20 heavy (non-hydrogen) atoms. The van der Waals surface area contributed by atoms with Crippen molar-refractivity contribution < 1.29 is 4.79 Å². The molecule has 0 saturated heterocycles. The summed E-state index contributed by atoms with van der Waals surface area (Å²) in [7, 11) is 0. The Bertz CT molecular complexity index is 623. The van der Waals surface area contributed by atoms with E-state index >= 15 is 0 Å². The second-order valence-electron chi connectivity index (χ2n) is 5.09. The molecule has 0 saturated carbocycles. The number of rotatable bonds is 3. The topological polar surface area (TPSA) is 59.0 Å². The summed E-state index contributed by atoms with van der Waals surface area (Å²) in [4.78, 5) is 28.4. The number of hydrogen-bond acceptors (Lipinski definition) is 6. The van der Waals surface area contributed by atoms with Crippen LogP contribution in [0.5, 0.6) is 0 Å². The maximum Gasteiger partial charge on any atom is 0.231 e. The molecule has 0 amide bonds. The van der Waals surface area contributed by atoms with E-state index in [1.165, 1.54) is 11.3 Å². The summed E-state index contributed by atoms with van der Waals surface area (Å²) in [6, 6.07) is 1.79. The molecule has 3 rings (SSSR count). The van der Waals surface area contributed by atoms with Crippen LogP contribution < -0.4 is 4.90 Å². The summed E-state index contributed by atoms with van der Waals surface area (Å²) in [5.74, 6) is 1.60. The summed E-state index contributed by atoms with van der Waals surface area (Å²) < 4.78 is 0. The Kier molecular flexibility index (Phi) is 3.48. The highest BCUT2D eigenvalue weighted by atomic mass is 32.1. The van der Waals surface area contributed by atoms with Gasteiger partial charge in [0, 0.05) is 29.7 Å². The lowest BCUT2D eigenvalue weighted by Gasteiger charge is -2.25. The SMILES string of the molecule is CC(C)C(=O)c1nc2c(s1)CCCN2c1ncccn1. The minimum atomic E-state index is -0.0240. The highest BCUT2D eigenvalue weighted by molar-refractivity contribution is 7.14. The van der Waals surface area contributed by atoms with E-state index in [1.54, 1.807) is 18.5 Å². The van der Waals surface area contributed by atoms with E-state index in [1.807, 2.05) is 18.7 Å². The van der Waals surface area contributed by atoms with Crippen LogP contribution in [0.3, 0.4) is 0 Å². The molecule has 2 aromatic rings. The normalized spacial score (nSPS) is 14.4. The molecule has 1 aliphatic rings. The molecule has 0 aromatic carbocycles. The first kappa shape index (κ1) is 13.2. The summed E-state index contributed by atoms with van der Waals surface area (Å²) in [6.07, 6.45) is 5.46. The van der Waals surface area contributed by atoms with E-state index in [0.29, 0.717) is 11.0 Å². The lowest BCUT2D eigenvalue weighted by atomic mass is 10.1. The molecule has 1 aliphatic heterocycles. The van der Waals surface area contributed by atoms with Crippen LogP contribution in [0.25, 0.3) is 0 Å². The summed E-state index contributed by atoms with van der Waals surface area (Å²) in [5, 5.41) is 0.604. The number of aromatic nitrogens is 3. The van der Waals surface area contributed by atoms with E-state index < -0.39 is 0 Å². The van der Waals surface area contributed by atoms with Crippen molar-refractivity contribution >= 4 is 28.9 Å². The molecule has 0 fully saturated rings. The number of carbonyl (C=O) groups excluding carboxylic acids is 1. The Morgan fingerprint density at radius 1 is 1.35 bits per heavy atom. The van der Waals surface area contributed by atoms with Gasteiger partial charge in [-0.2, -0.15) is 0 Å². The van der Waals surface area contributed by atoms with Crippen molar-refractivity contribution in [3.05, 3.63) is 28.3 Å². The summed E-state index contributed by atoms with van der Waals surface area (Å²) >= 11 is 1.51. The monoisotopic (exact) mass is 288 g/mol. The van der Waals surface area contributed by atoms with Crippen molar-refractivity contribution in [2.45, 2.75) is 26.7 Å². The van der Waals surface area contributed by atoms with Gasteiger partial charge in [0.1, 0.15) is 0 Å². The summed E-state index contributed by atoms with van der Waals surface area (Å²) in [6.45, 7) is 4.65. The van der Waals surface area contributed by atoms with E-state index in [4.69, 9.17) is 0 Å². The number of hydrogen-bond donors (Lipinski definition) is 0. The van der Waals surface area contributed by atoms with Crippen molar-refractivity contribution in [2.75, 3.05) is 11.4 Å². The van der Waals surface area contributed by atoms with Crippen molar-refractivity contribution in [1.29, 1.82) is 0 Å². The van der Waals surface area contributed by atoms with Crippen LogP contribution in [0, 0.1) is 5.92 Å². The highest BCUT2D eigenvalue weighted by Crippen LogP contribution is 2.35. The zero-order chi connectivity index (χ0) is 14.1. The fraction of sp³-hybridized carbons (Fsp3) is 0.429. The molecule has 5 nitrogen and oxygen atoms in total. The standard InChI is InChI=1S/C14H16N4OS/c1-9(2)11(19)13-17-12-10(20-13)5-3-8-18(12)14-15-6-4-7-16-14/h4,6-7,9H,3,5,8H2,1-2H3. The van der Waals surface area contributed by atoms with Gasteiger partial charge >= 0.3 is 0 Å². The number of fused-ring (bicyclic) bond motifs is 1. The van der Waals surface area contributed by atoms with E-state index in [0.717, 1.165) is 30.1 Å². The van der Waals surface area contributed by atoms with Crippen LogP contribution in [-0.4, -0.2) is 27.3 Å². The third-order valence-electron chi connectivity index (χ3n) is 3.25. The Morgan fingerprint density at radius 3 is 2.80 bits per heavy atom. The second-order valence-corrected chi connectivity index (χ2v) is 6.17. The molecule has 0 N–H and O–H groups in total. The Morgan fingerprint density at radius 2 is 2.10 bits per heavy atom. The number of nitrogens with zero attached hydrogens (tertiary/aromatic N) is 4. The molecular weight excluding hydrogens is 272 g/mol. The van der Waals surface area contributed by atoms with Crippen molar-refractivity contribution in [3.63, 3.8) is 0 Å². The van der Waals surface area contributed by atoms with Gasteiger partial charge < -0.3 is 0 Å². The fourth-order valence-corrected chi connectivity index (χ4v) is 3.39. The second kappa shape index (κ2) is 5.28. The minimum Gasteiger partial charge on any atom is -0.294 e. The molecule has 3 heterocycles. The molecule has 2 aromatic heterocycles. The quantitative estimate of drug-likeness (QED) is 0.813. The van der Waals surface area contributed by atoms with E-state index in [2.05, 4.69) is 15.0 Å². The zero-order valence-electron chi connectivity index (χ0n) is 11.5. The van der Waals surface area contributed by atoms with Crippen molar-refractivity contribution in [2.24, 2.45) is 5.92 Å². The molecule has 0 spiro atoms. The third kappa shape index (κ3) is 2.31. The van der Waals surface area contributed by atoms with Crippen LogP contribution in [0.1, 0.15) is 34.9 Å². The van der Waals surface area contributed by atoms with Crippen molar-refractivity contribution in [3.8, 4) is 0 Å². The maximum absolute atomic E-state index is 12.1. The van der Waals surface area contributed by atoms with Gasteiger partial charge in [0.25, 0.3) is 0 Å². The van der Waals surface area contributed by atoms with Crippen LogP contribution in [0.2, 0.25) is 0 Å². The number of anilines is 2. The smallest absolute Gasteiger partial charge is 0.231 e. The van der Waals surface area contributed by atoms with Gasteiger partial charge in [-0.15, -0.1) is 11.3 Å². The Balaban J connectivity index is 1.99. The highest BCUT2D eigenvalue weighted by Gasteiger charge is 2.27. The molecule has 6 heteroatoms. The largest absolute Gasteiger partial charge is 0.294 e. The molecular formula is C14H16N4OS. The molecule has 104 valence electrons. The predicted octanol–water partition coefficient (Wildman–Crippen LogP) is 2.86. The first-order valence-electron chi connectivity index (χ1n) is 6.75. The van der Waals surface area contributed by atoms with E-state index in [9.17, 15) is 4.79 Å². The van der Waals surface area contributed by atoms with E-state index in [-0.39, 0.29) is 11.7 Å². The van der Waals surface area contributed by atoms with Crippen LogP contribution in [0.4, 0.5) is 11.8 Å². The number of ketones is 1. The Hall–Kier alpha value is -1.82. The average Bonchev–Trinajstić information content (AvgIpc) is 2.91. The van der Waals surface area contributed by atoms with Gasteiger partial charge in [-0.1, -0.05) is 13.8 Å². The van der Waals surface area contributed by atoms with Crippen LogP contribution >= 0.6 is 11.3 Å². The first-order valence-corrected chi connectivity index (χ1v) is 7.57. The number of thiazole rings is 1. The van der Waals surface area contributed by atoms with Gasteiger partial charge in [-0.05, 0) is 18.9 Å². The first-order chi connectivity index (χ1) is 9.66. The molecule has 0 aliphatic carbocycles. The average molecular weight is 288 g/mol. The maximum atomic E-state index is 12.1. The lowest BCUT2D eigenvalue weighted by Crippen LogP contribution is -2.25. The number of aryl methyl sites for hydroxylation is 1. The molecule has 0 radical (unpaired) electrons. The van der Waals surface area contributed by atoms with Gasteiger partial charge in [0.05, 0.1) is 0 Å². The fourth-order valence-electron chi connectivity index (χ4n) is 2.20. The van der Waals surface area contributed by atoms with Gasteiger partial charge in [-0.3, -0.25) is 9.69 Å². The van der Waals surface area contributed by atoms with Gasteiger partial charge in [0.15, 0.2) is 16.6 Å². The van der Waals surface area contributed by atoms with Gasteiger partial charge in [-0.25, -0.2) is 15.0 Å². The predicted molar refractivity (Wildman–Crippen MR) is 78.6 cm³/mol. The molecule has 0 atom stereocenters. The third-order valence-corrected chi connectivity index (χ3v) is 4.37. The Labute approximate surface area is 121 Å².